The third kappa shape index (κ3) is 3.62. The van der Waals surface area contributed by atoms with E-state index in [9.17, 15) is 19.8 Å². The van der Waals surface area contributed by atoms with Crippen LogP contribution >= 0.6 is 0 Å². The third-order valence-electron chi connectivity index (χ3n) is 7.75. The molecule has 2 bridgehead atoms. The highest BCUT2D eigenvalue weighted by Gasteiger charge is 2.60. The zero-order valence-corrected chi connectivity index (χ0v) is 18.0. The van der Waals surface area contributed by atoms with E-state index in [4.69, 9.17) is 0 Å². The Hall–Kier alpha value is -2.10. The number of imide groups is 1. The van der Waals surface area contributed by atoms with Crippen molar-refractivity contribution in [2.45, 2.75) is 44.9 Å². The van der Waals surface area contributed by atoms with Crippen molar-refractivity contribution in [2.24, 2.45) is 23.7 Å². The average molecular weight is 430 g/mol. The second kappa shape index (κ2) is 7.79. The van der Waals surface area contributed by atoms with Crippen LogP contribution in [0.25, 0.3) is 0 Å². The second-order valence-corrected chi connectivity index (χ2v) is 9.63. The molecule has 4 atom stereocenters. The number of fused-ring (bicyclic) bond motifs is 5. The van der Waals surface area contributed by atoms with Crippen molar-refractivity contribution in [2.75, 3.05) is 37.6 Å². The SMILES string of the molecule is Cc1cnc(N2CCN(C(O)(O)CCCN3C(=O)[C@@H]4[C@@H]5CC[C@@H](C5)[C@@H]4C3=O)CC2)nc1. The van der Waals surface area contributed by atoms with Crippen molar-refractivity contribution in [1.29, 1.82) is 0 Å². The Morgan fingerprint density at radius 3 is 2.16 bits per heavy atom. The first-order chi connectivity index (χ1) is 14.8. The highest BCUT2D eigenvalue weighted by molar-refractivity contribution is 6.06. The van der Waals surface area contributed by atoms with Gasteiger partial charge in [-0.25, -0.2) is 14.9 Å². The largest absolute Gasteiger partial charge is 0.353 e. The quantitative estimate of drug-likeness (QED) is 0.493. The normalized spacial score (nSPS) is 31.1. The second-order valence-electron chi connectivity index (χ2n) is 9.63. The Morgan fingerprint density at radius 1 is 1.00 bits per heavy atom. The lowest BCUT2D eigenvalue weighted by Crippen LogP contribution is -2.57. The molecule has 2 saturated heterocycles. The molecule has 0 spiro atoms. The lowest BCUT2D eigenvalue weighted by Gasteiger charge is -2.41. The minimum absolute atomic E-state index is 0.0320. The lowest BCUT2D eigenvalue weighted by molar-refractivity contribution is -0.269. The van der Waals surface area contributed by atoms with E-state index in [0.717, 1.165) is 24.8 Å². The number of rotatable bonds is 6. The molecular formula is C22H31N5O4. The molecule has 2 aliphatic carbocycles. The number of hydrogen-bond acceptors (Lipinski definition) is 8. The number of hydrogen-bond donors (Lipinski definition) is 2. The molecule has 2 saturated carbocycles. The van der Waals surface area contributed by atoms with Gasteiger partial charge in [-0.05, 0) is 50.0 Å². The number of aromatic nitrogens is 2. The molecule has 0 unspecified atom stereocenters. The van der Waals surface area contributed by atoms with E-state index in [-0.39, 0.29) is 36.6 Å². The Labute approximate surface area is 182 Å². The maximum atomic E-state index is 12.8. The van der Waals surface area contributed by atoms with Crippen molar-refractivity contribution in [3.8, 4) is 0 Å². The summed E-state index contributed by atoms with van der Waals surface area (Å²) in [6, 6.07) is 0. The van der Waals surface area contributed by atoms with Gasteiger partial charge in [0.1, 0.15) is 0 Å². The van der Waals surface area contributed by atoms with Crippen molar-refractivity contribution in [1.82, 2.24) is 19.8 Å². The summed E-state index contributed by atoms with van der Waals surface area (Å²) in [7, 11) is 0. The van der Waals surface area contributed by atoms with Crippen LogP contribution in [0.3, 0.4) is 0 Å². The van der Waals surface area contributed by atoms with Crippen LogP contribution < -0.4 is 4.90 Å². The summed E-state index contributed by atoms with van der Waals surface area (Å²) in [5.74, 6) is -0.850. The van der Waals surface area contributed by atoms with Crippen molar-refractivity contribution in [3.05, 3.63) is 18.0 Å². The monoisotopic (exact) mass is 429 g/mol. The average Bonchev–Trinajstić information content (AvgIpc) is 3.44. The van der Waals surface area contributed by atoms with Gasteiger partial charge in [-0.2, -0.15) is 0 Å². The standard InChI is InChI=1S/C22H31N5O4/c1-14-12-23-21(24-13-14)25-7-9-26(10-8-25)22(30,31)5-2-6-27-19(28)17-15-3-4-16(11-15)18(17)20(27)29/h12-13,15-18,30-31H,2-11H2,1H3/t15-,16+,17-,18+. The van der Waals surface area contributed by atoms with Gasteiger partial charge < -0.3 is 15.1 Å². The van der Waals surface area contributed by atoms with E-state index in [1.807, 2.05) is 11.8 Å². The van der Waals surface area contributed by atoms with Gasteiger partial charge in [-0.1, -0.05) is 0 Å². The van der Waals surface area contributed by atoms with Crippen LogP contribution in [-0.4, -0.2) is 80.4 Å². The maximum absolute atomic E-state index is 12.8. The summed E-state index contributed by atoms with van der Waals surface area (Å²) in [5.41, 5.74) is 0.998. The Morgan fingerprint density at radius 2 is 1.58 bits per heavy atom. The molecule has 2 amide bonds. The zero-order chi connectivity index (χ0) is 21.8. The molecule has 3 heterocycles. The summed E-state index contributed by atoms with van der Waals surface area (Å²) in [5, 5.41) is 21.3. The van der Waals surface area contributed by atoms with E-state index in [1.54, 1.807) is 17.3 Å². The van der Waals surface area contributed by atoms with Gasteiger partial charge in [-0.3, -0.25) is 14.5 Å². The van der Waals surface area contributed by atoms with Crippen molar-refractivity contribution < 1.29 is 19.8 Å². The van der Waals surface area contributed by atoms with Gasteiger partial charge in [-0.15, -0.1) is 0 Å². The van der Waals surface area contributed by atoms with Gasteiger partial charge >= 0.3 is 0 Å². The fourth-order valence-corrected chi connectivity index (χ4v) is 6.14. The van der Waals surface area contributed by atoms with E-state index in [0.29, 0.717) is 50.4 Å². The third-order valence-corrected chi connectivity index (χ3v) is 7.75. The minimum atomic E-state index is -1.96. The molecule has 168 valence electrons. The Bertz CT molecular complexity index is 824. The van der Waals surface area contributed by atoms with Crippen LogP contribution in [0.1, 0.15) is 37.7 Å². The summed E-state index contributed by atoms with van der Waals surface area (Å²) in [6.45, 7) is 4.35. The highest BCUT2D eigenvalue weighted by Crippen LogP contribution is 2.56. The van der Waals surface area contributed by atoms with E-state index in [1.165, 1.54) is 4.90 Å². The number of piperazine rings is 1. The van der Waals surface area contributed by atoms with Gasteiger partial charge in [0.25, 0.3) is 0 Å². The number of carbonyl (C=O) groups is 2. The summed E-state index contributed by atoms with van der Waals surface area (Å²) >= 11 is 0. The number of aryl methyl sites for hydroxylation is 1. The summed E-state index contributed by atoms with van der Waals surface area (Å²) < 4.78 is 0. The van der Waals surface area contributed by atoms with Gasteiger partial charge in [0, 0.05) is 51.5 Å². The Balaban J connectivity index is 1.12. The van der Waals surface area contributed by atoms with Crippen LogP contribution in [0, 0.1) is 30.6 Å². The van der Waals surface area contributed by atoms with E-state index < -0.39 is 5.91 Å². The molecule has 0 radical (unpaired) electrons. The zero-order valence-electron chi connectivity index (χ0n) is 18.0. The topological polar surface area (TPSA) is 110 Å². The molecule has 1 aromatic heterocycles. The first kappa shape index (κ1) is 20.8. The molecule has 5 rings (SSSR count). The van der Waals surface area contributed by atoms with E-state index in [2.05, 4.69) is 9.97 Å². The van der Waals surface area contributed by atoms with Crippen LogP contribution in [0.4, 0.5) is 5.95 Å². The predicted octanol–water partition coefficient (Wildman–Crippen LogP) is 0.357. The molecule has 0 aromatic carbocycles. The Kier molecular flexibility index (Phi) is 5.22. The summed E-state index contributed by atoms with van der Waals surface area (Å²) in [6.07, 6.45) is 7.17. The molecular weight excluding hydrogens is 398 g/mol. The van der Waals surface area contributed by atoms with Crippen LogP contribution in [-0.2, 0) is 9.59 Å². The minimum Gasteiger partial charge on any atom is -0.353 e. The molecule has 2 N–H and O–H groups in total. The van der Waals surface area contributed by atoms with Crippen LogP contribution in [0.15, 0.2) is 12.4 Å². The van der Waals surface area contributed by atoms with Gasteiger partial charge in [0.2, 0.25) is 23.7 Å². The highest BCUT2D eigenvalue weighted by atomic mass is 16.5. The molecule has 9 nitrogen and oxygen atoms in total. The fraction of sp³-hybridized carbons (Fsp3) is 0.727. The fourth-order valence-electron chi connectivity index (χ4n) is 6.14. The van der Waals surface area contributed by atoms with Crippen LogP contribution in [0.2, 0.25) is 0 Å². The molecule has 9 heteroatoms. The molecule has 2 aliphatic heterocycles. The number of carbonyl (C=O) groups excluding carboxylic acids is 2. The van der Waals surface area contributed by atoms with Crippen molar-refractivity contribution >= 4 is 17.8 Å². The van der Waals surface area contributed by atoms with Gasteiger partial charge in [0.05, 0.1) is 11.8 Å². The van der Waals surface area contributed by atoms with Gasteiger partial charge in [0.15, 0.2) is 0 Å². The lowest BCUT2D eigenvalue weighted by atomic mass is 9.81. The molecule has 1 aromatic rings. The number of amides is 2. The van der Waals surface area contributed by atoms with Crippen LogP contribution in [0.5, 0.6) is 0 Å². The van der Waals surface area contributed by atoms with E-state index >= 15 is 0 Å². The molecule has 4 fully saturated rings. The first-order valence-electron chi connectivity index (χ1n) is 11.4. The van der Waals surface area contributed by atoms with Crippen molar-refractivity contribution in [3.63, 3.8) is 0 Å². The summed E-state index contributed by atoms with van der Waals surface area (Å²) in [4.78, 5) is 39.3. The smallest absolute Gasteiger partial charge is 0.233 e. The number of nitrogens with zero attached hydrogens (tertiary/aromatic N) is 5. The maximum Gasteiger partial charge on any atom is 0.233 e. The number of anilines is 1. The molecule has 4 aliphatic rings. The first-order valence-corrected chi connectivity index (χ1v) is 11.4. The molecule has 31 heavy (non-hydrogen) atoms. The number of aliphatic hydroxyl groups is 2. The number of likely N-dealkylation sites (tertiary alicyclic amines) is 1. The predicted molar refractivity (Wildman–Crippen MR) is 111 cm³/mol.